The molecule has 1 atom stereocenters. The second kappa shape index (κ2) is 10.8. The lowest BCUT2D eigenvalue weighted by molar-refractivity contribution is 0.0378. The number of aryl methyl sites for hydroxylation is 1. The Hall–Kier alpha value is -2.35. The van der Waals surface area contributed by atoms with Crippen molar-refractivity contribution in [3.8, 4) is 0 Å². The Morgan fingerprint density at radius 1 is 1.06 bits per heavy atom. The molecule has 1 saturated heterocycles. The van der Waals surface area contributed by atoms with Gasteiger partial charge in [-0.3, -0.25) is 4.90 Å². The molecule has 1 unspecified atom stereocenters. The van der Waals surface area contributed by atoms with Crippen LogP contribution in [0.25, 0.3) is 0 Å². The third kappa shape index (κ3) is 7.09. The second-order valence-corrected chi connectivity index (χ2v) is 8.63. The summed E-state index contributed by atoms with van der Waals surface area (Å²) in [6.07, 6.45) is 0. The lowest BCUT2D eigenvalue weighted by atomic mass is 10.0. The van der Waals surface area contributed by atoms with E-state index in [9.17, 15) is 5.11 Å². The average Bonchev–Trinajstić information content (AvgIpc) is 3.20. The minimum atomic E-state index is -1.12. The van der Waals surface area contributed by atoms with Crippen LogP contribution in [0.4, 0.5) is 0 Å². The smallest absolute Gasteiger partial charge is 0.191 e. The fraction of sp³-hybridized carbons (Fsp3) is 0.542. The molecule has 7 nitrogen and oxygen atoms in total. The molecule has 31 heavy (non-hydrogen) atoms. The Kier molecular flexibility index (Phi) is 8.12. The molecule has 1 aliphatic rings. The topological polar surface area (TPSA) is 76.3 Å². The summed E-state index contributed by atoms with van der Waals surface area (Å²) in [6.45, 7) is 12.8. The van der Waals surface area contributed by atoms with E-state index in [4.69, 9.17) is 4.42 Å². The molecule has 2 aromatic rings. The van der Waals surface area contributed by atoms with Gasteiger partial charge in [-0.15, -0.1) is 0 Å². The Bertz CT molecular complexity index is 836. The number of guanidine groups is 1. The quantitative estimate of drug-likeness (QED) is 0.443. The van der Waals surface area contributed by atoms with E-state index >= 15 is 0 Å². The Morgan fingerprint density at radius 2 is 1.74 bits per heavy atom. The third-order valence-corrected chi connectivity index (χ3v) is 5.66. The molecule has 0 radical (unpaired) electrons. The van der Waals surface area contributed by atoms with E-state index in [0.29, 0.717) is 24.8 Å². The summed E-state index contributed by atoms with van der Waals surface area (Å²) in [4.78, 5) is 9.56. The van der Waals surface area contributed by atoms with Crippen LogP contribution in [-0.2, 0) is 18.7 Å². The molecule has 0 aliphatic carbocycles. The number of nitrogens with one attached hydrogen (secondary N) is 2. The van der Waals surface area contributed by atoms with Crippen LogP contribution in [0.2, 0.25) is 0 Å². The summed E-state index contributed by atoms with van der Waals surface area (Å²) < 4.78 is 5.58. The molecule has 2 heterocycles. The number of furan rings is 1. The number of aliphatic imine (C=N–C) groups is 1. The Morgan fingerprint density at radius 3 is 2.35 bits per heavy atom. The van der Waals surface area contributed by atoms with E-state index in [1.165, 1.54) is 5.56 Å². The van der Waals surface area contributed by atoms with E-state index in [2.05, 4.69) is 56.7 Å². The van der Waals surface area contributed by atoms with Crippen LogP contribution >= 0.6 is 0 Å². The van der Waals surface area contributed by atoms with Gasteiger partial charge in [0.25, 0.3) is 0 Å². The molecular formula is C24H37N5O2. The number of nitrogens with zero attached hydrogens (tertiary/aromatic N) is 3. The summed E-state index contributed by atoms with van der Waals surface area (Å²) >= 11 is 0. The van der Waals surface area contributed by atoms with Crippen LogP contribution in [0.3, 0.4) is 0 Å². The molecule has 0 bridgehead atoms. The zero-order valence-corrected chi connectivity index (χ0v) is 19.3. The normalized spacial score (nSPS) is 18.0. The SMILES string of the molecule is CCNC(=NCc1ccc(CN2CCN(C)CC2)cc1)NCC(C)(O)c1ccc(C)o1. The number of piperazine rings is 1. The van der Waals surface area contributed by atoms with Crippen LogP contribution in [0.15, 0.2) is 45.8 Å². The first-order chi connectivity index (χ1) is 14.9. The molecule has 1 aromatic carbocycles. The lowest BCUT2D eigenvalue weighted by Crippen LogP contribution is -2.44. The fourth-order valence-electron chi connectivity index (χ4n) is 3.59. The third-order valence-electron chi connectivity index (χ3n) is 5.66. The van der Waals surface area contributed by atoms with E-state index in [-0.39, 0.29) is 0 Å². The van der Waals surface area contributed by atoms with Gasteiger partial charge in [0.2, 0.25) is 0 Å². The maximum absolute atomic E-state index is 10.7. The van der Waals surface area contributed by atoms with Crippen LogP contribution in [-0.4, -0.2) is 67.2 Å². The highest BCUT2D eigenvalue weighted by Crippen LogP contribution is 2.21. The van der Waals surface area contributed by atoms with Crippen molar-refractivity contribution >= 4 is 5.96 Å². The van der Waals surface area contributed by atoms with Gasteiger partial charge < -0.3 is 25.1 Å². The molecule has 7 heteroatoms. The van der Waals surface area contributed by atoms with Gasteiger partial charge in [-0.05, 0) is 51.1 Å². The van der Waals surface area contributed by atoms with E-state index in [1.54, 1.807) is 6.92 Å². The van der Waals surface area contributed by atoms with Gasteiger partial charge in [-0.25, -0.2) is 4.99 Å². The largest absolute Gasteiger partial charge is 0.463 e. The second-order valence-electron chi connectivity index (χ2n) is 8.63. The first kappa shape index (κ1) is 23.3. The van der Waals surface area contributed by atoms with E-state index in [1.807, 2.05) is 26.0 Å². The monoisotopic (exact) mass is 427 g/mol. The summed E-state index contributed by atoms with van der Waals surface area (Å²) in [7, 11) is 2.18. The number of rotatable bonds is 8. The highest BCUT2D eigenvalue weighted by atomic mass is 16.4. The van der Waals surface area contributed by atoms with Crippen molar-refractivity contribution in [1.82, 2.24) is 20.4 Å². The molecule has 0 amide bonds. The average molecular weight is 428 g/mol. The fourth-order valence-corrected chi connectivity index (χ4v) is 3.59. The van der Waals surface area contributed by atoms with Crippen LogP contribution in [0.1, 0.15) is 36.5 Å². The van der Waals surface area contributed by atoms with Gasteiger partial charge in [0.15, 0.2) is 5.96 Å². The number of likely N-dealkylation sites (N-methyl/N-ethyl adjacent to an activating group) is 1. The van der Waals surface area contributed by atoms with Gasteiger partial charge in [0.1, 0.15) is 17.1 Å². The van der Waals surface area contributed by atoms with Crippen LogP contribution in [0, 0.1) is 6.92 Å². The molecule has 0 saturated carbocycles. The summed E-state index contributed by atoms with van der Waals surface area (Å²) in [6, 6.07) is 12.4. The highest BCUT2D eigenvalue weighted by Gasteiger charge is 2.27. The summed E-state index contributed by atoms with van der Waals surface area (Å²) in [5.74, 6) is 2.00. The molecule has 1 aromatic heterocycles. The molecule has 3 rings (SSSR count). The number of benzene rings is 1. The van der Waals surface area contributed by atoms with Gasteiger partial charge in [0, 0.05) is 39.3 Å². The van der Waals surface area contributed by atoms with E-state index < -0.39 is 5.60 Å². The van der Waals surface area contributed by atoms with Gasteiger partial charge in [-0.1, -0.05) is 24.3 Å². The molecule has 3 N–H and O–H groups in total. The Balaban J connectivity index is 1.53. The van der Waals surface area contributed by atoms with Gasteiger partial charge in [-0.2, -0.15) is 0 Å². The van der Waals surface area contributed by atoms with Crippen molar-refractivity contribution in [3.63, 3.8) is 0 Å². The summed E-state index contributed by atoms with van der Waals surface area (Å²) in [5, 5.41) is 17.2. The van der Waals surface area contributed by atoms with Crippen molar-refractivity contribution in [3.05, 3.63) is 59.0 Å². The standard InChI is InChI=1S/C24H37N5O2/c1-5-25-23(27-18-24(3,30)22-11-6-19(2)31-22)26-16-20-7-9-21(10-8-20)17-29-14-12-28(4)13-15-29/h6-11,30H,5,12-18H2,1-4H3,(H2,25,26,27). The number of hydrogen-bond donors (Lipinski definition) is 3. The minimum absolute atomic E-state index is 0.301. The maximum atomic E-state index is 10.7. The number of aliphatic hydroxyl groups is 1. The number of hydrogen-bond acceptors (Lipinski definition) is 5. The first-order valence-electron chi connectivity index (χ1n) is 11.2. The molecule has 1 fully saturated rings. The molecule has 170 valence electrons. The van der Waals surface area contributed by atoms with Crippen molar-refractivity contribution in [2.75, 3.05) is 46.3 Å². The minimum Gasteiger partial charge on any atom is -0.463 e. The molecular weight excluding hydrogens is 390 g/mol. The van der Waals surface area contributed by atoms with Crippen LogP contribution < -0.4 is 10.6 Å². The van der Waals surface area contributed by atoms with Gasteiger partial charge >= 0.3 is 0 Å². The zero-order valence-electron chi connectivity index (χ0n) is 19.3. The predicted octanol–water partition coefficient (Wildman–Crippen LogP) is 2.30. The van der Waals surface area contributed by atoms with Crippen LogP contribution in [0.5, 0.6) is 0 Å². The van der Waals surface area contributed by atoms with Crippen molar-refractivity contribution in [2.45, 2.75) is 39.5 Å². The zero-order chi connectivity index (χ0) is 22.3. The van der Waals surface area contributed by atoms with Crippen molar-refractivity contribution in [1.29, 1.82) is 0 Å². The summed E-state index contributed by atoms with van der Waals surface area (Å²) in [5.41, 5.74) is 1.38. The predicted molar refractivity (Wildman–Crippen MR) is 125 cm³/mol. The van der Waals surface area contributed by atoms with Crippen molar-refractivity contribution < 1.29 is 9.52 Å². The van der Waals surface area contributed by atoms with Crippen molar-refractivity contribution in [2.24, 2.45) is 4.99 Å². The maximum Gasteiger partial charge on any atom is 0.191 e. The highest BCUT2D eigenvalue weighted by molar-refractivity contribution is 5.79. The lowest BCUT2D eigenvalue weighted by Gasteiger charge is -2.32. The van der Waals surface area contributed by atoms with E-state index in [0.717, 1.165) is 50.6 Å². The van der Waals surface area contributed by atoms with Gasteiger partial charge in [0.05, 0.1) is 13.1 Å². The molecule has 1 aliphatic heterocycles. The molecule has 0 spiro atoms. The Labute approximate surface area is 186 Å². The first-order valence-corrected chi connectivity index (χ1v) is 11.2.